The van der Waals surface area contributed by atoms with Gasteiger partial charge in [0.2, 0.25) is 0 Å². The standard InChI is InChI=1S/C18H16NO2/c1-20-16-11-9-14(10-12-16)18(17-8-5-13-21-17)19-15-6-3-2-4-7-15/h2-13,19H,1H3. The van der Waals surface area contributed by atoms with E-state index < -0.39 is 0 Å². The number of furan rings is 1. The molecule has 2 aromatic carbocycles. The molecule has 1 radical (unpaired) electrons. The number of anilines is 1. The van der Waals surface area contributed by atoms with E-state index in [2.05, 4.69) is 5.32 Å². The third kappa shape index (κ3) is 3.08. The summed E-state index contributed by atoms with van der Waals surface area (Å²) in [6.07, 6.45) is 1.67. The van der Waals surface area contributed by atoms with Crippen LogP contribution in [0, 0.1) is 6.04 Å². The van der Waals surface area contributed by atoms with E-state index in [1.165, 1.54) is 0 Å². The van der Waals surface area contributed by atoms with Crippen molar-refractivity contribution in [3.63, 3.8) is 0 Å². The summed E-state index contributed by atoms with van der Waals surface area (Å²) < 4.78 is 10.8. The van der Waals surface area contributed by atoms with Crippen molar-refractivity contribution < 1.29 is 9.15 Å². The molecule has 1 N–H and O–H groups in total. The predicted octanol–water partition coefficient (Wildman–Crippen LogP) is 4.33. The zero-order valence-electron chi connectivity index (χ0n) is 11.7. The van der Waals surface area contributed by atoms with Crippen LogP contribution in [0.2, 0.25) is 0 Å². The molecule has 105 valence electrons. The SMILES string of the molecule is COc1ccc([C](Nc2ccccc2)c2ccco2)cc1. The van der Waals surface area contributed by atoms with Crippen LogP contribution in [0.4, 0.5) is 5.69 Å². The van der Waals surface area contributed by atoms with Gasteiger partial charge in [-0.2, -0.15) is 0 Å². The largest absolute Gasteiger partial charge is 0.497 e. The van der Waals surface area contributed by atoms with E-state index in [0.29, 0.717) is 0 Å². The van der Waals surface area contributed by atoms with Crippen molar-refractivity contribution in [3.8, 4) is 5.75 Å². The number of nitrogens with one attached hydrogen (secondary N) is 1. The molecule has 0 bridgehead atoms. The first kappa shape index (κ1) is 13.3. The fourth-order valence-corrected chi connectivity index (χ4v) is 2.12. The van der Waals surface area contributed by atoms with Gasteiger partial charge in [0.25, 0.3) is 0 Å². The van der Waals surface area contributed by atoms with E-state index in [1.807, 2.05) is 66.7 Å². The van der Waals surface area contributed by atoms with Gasteiger partial charge >= 0.3 is 0 Å². The van der Waals surface area contributed by atoms with Crippen molar-refractivity contribution in [1.29, 1.82) is 0 Å². The highest BCUT2D eigenvalue weighted by molar-refractivity contribution is 5.56. The third-order valence-corrected chi connectivity index (χ3v) is 3.19. The lowest BCUT2D eigenvalue weighted by Gasteiger charge is -2.17. The molecule has 0 spiro atoms. The summed E-state index contributed by atoms with van der Waals surface area (Å²) in [6, 6.07) is 22.7. The lowest BCUT2D eigenvalue weighted by Crippen LogP contribution is -2.12. The molecule has 0 aliphatic heterocycles. The summed E-state index contributed by atoms with van der Waals surface area (Å²) in [4.78, 5) is 0. The van der Waals surface area contributed by atoms with Gasteiger partial charge in [0.05, 0.1) is 13.4 Å². The monoisotopic (exact) mass is 278 g/mol. The summed E-state index contributed by atoms with van der Waals surface area (Å²) in [5.41, 5.74) is 2.05. The minimum Gasteiger partial charge on any atom is -0.497 e. The van der Waals surface area contributed by atoms with E-state index in [-0.39, 0.29) is 0 Å². The molecule has 0 fully saturated rings. The molecule has 0 aliphatic rings. The van der Waals surface area contributed by atoms with Crippen LogP contribution in [0.1, 0.15) is 11.3 Å². The van der Waals surface area contributed by atoms with Gasteiger partial charge in [-0.3, -0.25) is 0 Å². The third-order valence-electron chi connectivity index (χ3n) is 3.19. The number of rotatable bonds is 5. The van der Waals surface area contributed by atoms with Gasteiger partial charge in [0, 0.05) is 5.69 Å². The Bertz CT molecular complexity index is 660. The molecule has 0 amide bonds. The van der Waals surface area contributed by atoms with Gasteiger partial charge in [-0.25, -0.2) is 0 Å². The summed E-state index contributed by atoms with van der Waals surface area (Å²) in [5.74, 6) is 1.63. The topological polar surface area (TPSA) is 34.4 Å². The Morgan fingerprint density at radius 1 is 0.905 bits per heavy atom. The van der Waals surface area contributed by atoms with Crippen LogP contribution in [0.25, 0.3) is 0 Å². The number of benzene rings is 2. The number of ether oxygens (including phenoxy) is 1. The fourth-order valence-electron chi connectivity index (χ4n) is 2.12. The Balaban J connectivity index is 1.92. The maximum absolute atomic E-state index is 5.55. The highest BCUT2D eigenvalue weighted by Gasteiger charge is 2.18. The molecule has 1 aromatic heterocycles. The average Bonchev–Trinajstić information content (AvgIpc) is 3.08. The Hall–Kier alpha value is -2.68. The van der Waals surface area contributed by atoms with Crippen molar-refractivity contribution in [2.75, 3.05) is 12.4 Å². The summed E-state index contributed by atoms with van der Waals surface area (Å²) in [6.45, 7) is 0. The Morgan fingerprint density at radius 3 is 2.29 bits per heavy atom. The number of hydrogen-bond donors (Lipinski definition) is 1. The second-order valence-corrected chi connectivity index (χ2v) is 4.57. The zero-order chi connectivity index (χ0) is 14.5. The fraction of sp³-hybridized carbons (Fsp3) is 0.0556. The molecular weight excluding hydrogens is 262 g/mol. The molecular formula is C18H16NO2. The minimum absolute atomic E-state index is 0.795. The van der Waals surface area contributed by atoms with Crippen LogP contribution >= 0.6 is 0 Å². The quantitative estimate of drug-likeness (QED) is 0.754. The molecule has 0 saturated heterocycles. The van der Waals surface area contributed by atoms with Crippen molar-refractivity contribution >= 4 is 5.69 Å². The molecule has 0 saturated carbocycles. The first-order chi connectivity index (χ1) is 10.4. The first-order valence-electron chi connectivity index (χ1n) is 6.74. The smallest absolute Gasteiger partial charge is 0.156 e. The first-order valence-corrected chi connectivity index (χ1v) is 6.74. The lowest BCUT2D eigenvalue weighted by molar-refractivity contribution is 0.414. The van der Waals surface area contributed by atoms with E-state index >= 15 is 0 Å². The van der Waals surface area contributed by atoms with E-state index in [9.17, 15) is 0 Å². The van der Waals surface area contributed by atoms with Crippen LogP contribution in [-0.2, 0) is 0 Å². The zero-order valence-corrected chi connectivity index (χ0v) is 11.7. The van der Waals surface area contributed by atoms with Gasteiger partial charge in [-0.15, -0.1) is 0 Å². The van der Waals surface area contributed by atoms with Gasteiger partial charge in [-0.1, -0.05) is 30.3 Å². The second kappa shape index (κ2) is 6.18. The maximum atomic E-state index is 5.55. The molecule has 3 aromatic rings. The van der Waals surface area contributed by atoms with Crippen LogP contribution in [-0.4, -0.2) is 7.11 Å². The molecule has 0 unspecified atom stereocenters. The normalized spacial score (nSPS) is 10.6. The highest BCUT2D eigenvalue weighted by Crippen LogP contribution is 2.27. The molecule has 3 rings (SSSR count). The van der Waals surface area contributed by atoms with Crippen molar-refractivity contribution in [2.45, 2.75) is 0 Å². The van der Waals surface area contributed by atoms with Gasteiger partial charge < -0.3 is 14.5 Å². The number of methoxy groups -OCH3 is 1. The van der Waals surface area contributed by atoms with Gasteiger partial charge in [0.1, 0.15) is 11.5 Å². The minimum atomic E-state index is 0.795. The van der Waals surface area contributed by atoms with Crippen LogP contribution < -0.4 is 10.1 Å². The van der Waals surface area contributed by atoms with Crippen molar-refractivity contribution in [3.05, 3.63) is 90.4 Å². The van der Waals surface area contributed by atoms with Crippen LogP contribution in [0.5, 0.6) is 5.75 Å². The lowest BCUT2D eigenvalue weighted by atomic mass is 10.0. The van der Waals surface area contributed by atoms with Gasteiger partial charge in [0.15, 0.2) is 6.04 Å². The van der Waals surface area contributed by atoms with E-state index in [4.69, 9.17) is 9.15 Å². The van der Waals surface area contributed by atoms with Crippen LogP contribution in [0.3, 0.4) is 0 Å². The van der Waals surface area contributed by atoms with Crippen LogP contribution in [0.15, 0.2) is 77.4 Å². The number of hydrogen-bond acceptors (Lipinski definition) is 3. The predicted molar refractivity (Wildman–Crippen MR) is 83.2 cm³/mol. The highest BCUT2D eigenvalue weighted by atomic mass is 16.5. The Kier molecular flexibility index (Phi) is 3.92. The molecule has 21 heavy (non-hydrogen) atoms. The van der Waals surface area contributed by atoms with Crippen molar-refractivity contribution in [2.24, 2.45) is 0 Å². The molecule has 0 aliphatic carbocycles. The average molecular weight is 278 g/mol. The Labute approximate surface area is 124 Å². The molecule has 3 nitrogen and oxygen atoms in total. The summed E-state index contributed by atoms with van der Waals surface area (Å²) in [5, 5.41) is 3.42. The second-order valence-electron chi connectivity index (χ2n) is 4.57. The van der Waals surface area contributed by atoms with E-state index in [0.717, 1.165) is 28.8 Å². The summed E-state index contributed by atoms with van der Waals surface area (Å²) >= 11 is 0. The molecule has 0 atom stereocenters. The van der Waals surface area contributed by atoms with Gasteiger partial charge in [-0.05, 0) is 42.0 Å². The van der Waals surface area contributed by atoms with Crippen molar-refractivity contribution in [1.82, 2.24) is 0 Å². The number of para-hydroxylation sites is 1. The van der Waals surface area contributed by atoms with E-state index in [1.54, 1.807) is 13.4 Å². The maximum Gasteiger partial charge on any atom is 0.156 e. The molecule has 3 heteroatoms. The molecule has 1 heterocycles. The Morgan fingerprint density at radius 2 is 1.67 bits per heavy atom. The summed E-state index contributed by atoms with van der Waals surface area (Å²) in [7, 11) is 1.66.